The highest BCUT2D eigenvalue weighted by atomic mass is 28.3. The molecule has 0 amide bonds. The Hall–Kier alpha value is -0.303. The SMILES string of the molecule is CCCCC#C[SiH](OC(C)C)OC(C)C. The van der Waals surface area contributed by atoms with Crippen LogP contribution in [0.2, 0.25) is 0 Å². The molecular formula is C12H24O2Si. The molecular weight excluding hydrogens is 204 g/mol. The average molecular weight is 228 g/mol. The smallest absolute Gasteiger partial charge is 0.385 e. The Balaban J connectivity index is 4.02. The van der Waals surface area contributed by atoms with Crippen molar-refractivity contribution in [3.63, 3.8) is 0 Å². The molecule has 0 saturated heterocycles. The van der Waals surface area contributed by atoms with Gasteiger partial charge in [0.05, 0.1) is 0 Å². The first-order valence-corrected chi connectivity index (χ1v) is 7.37. The molecule has 0 aliphatic carbocycles. The summed E-state index contributed by atoms with van der Waals surface area (Å²) in [5.41, 5.74) is 3.16. The van der Waals surface area contributed by atoms with Crippen molar-refractivity contribution < 1.29 is 8.85 Å². The molecule has 3 heteroatoms. The number of hydrogen-bond donors (Lipinski definition) is 0. The van der Waals surface area contributed by atoms with Gasteiger partial charge in [-0.05, 0) is 34.1 Å². The van der Waals surface area contributed by atoms with Crippen LogP contribution in [0.4, 0.5) is 0 Å². The van der Waals surface area contributed by atoms with Crippen molar-refractivity contribution in [1.29, 1.82) is 0 Å². The molecule has 15 heavy (non-hydrogen) atoms. The molecule has 0 aromatic rings. The molecule has 0 saturated carbocycles. The second kappa shape index (κ2) is 8.96. The second-order valence-electron chi connectivity index (χ2n) is 4.13. The van der Waals surface area contributed by atoms with Crippen LogP contribution in [0.15, 0.2) is 0 Å². The van der Waals surface area contributed by atoms with Gasteiger partial charge in [-0.1, -0.05) is 18.9 Å². The maximum absolute atomic E-state index is 5.68. The standard InChI is InChI=1S/C12H24O2Si/c1-6-7-8-9-10-15(13-11(2)3)14-12(4)5/h11-12,15H,6-8H2,1-5H3. The van der Waals surface area contributed by atoms with E-state index in [1.165, 1.54) is 6.42 Å². The van der Waals surface area contributed by atoms with E-state index in [1.54, 1.807) is 0 Å². The highest BCUT2D eigenvalue weighted by Gasteiger charge is 2.13. The predicted octanol–water partition coefficient (Wildman–Crippen LogP) is 2.79. The van der Waals surface area contributed by atoms with Gasteiger partial charge in [-0.3, -0.25) is 0 Å². The molecule has 88 valence electrons. The van der Waals surface area contributed by atoms with Crippen molar-refractivity contribution in [3.8, 4) is 11.5 Å². The fourth-order valence-electron chi connectivity index (χ4n) is 1.02. The van der Waals surface area contributed by atoms with Gasteiger partial charge >= 0.3 is 9.28 Å². The summed E-state index contributed by atoms with van der Waals surface area (Å²) in [6, 6.07) is 0. The molecule has 0 unspecified atom stereocenters. The van der Waals surface area contributed by atoms with Gasteiger partial charge in [0.25, 0.3) is 0 Å². The Kier molecular flexibility index (Phi) is 8.78. The van der Waals surface area contributed by atoms with E-state index in [9.17, 15) is 0 Å². The van der Waals surface area contributed by atoms with Crippen LogP contribution in [0, 0.1) is 11.5 Å². The zero-order chi connectivity index (χ0) is 11.7. The quantitative estimate of drug-likeness (QED) is 0.395. The zero-order valence-corrected chi connectivity index (χ0v) is 11.8. The van der Waals surface area contributed by atoms with E-state index >= 15 is 0 Å². The maximum Gasteiger partial charge on any atom is 0.407 e. The largest absolute Gasteiger partial charge is 0.407 e. The monoisotopic (exact) mass is 228 g/mol. The summed E-state index contributed by atoms with van der Waals surface area (Å²) >= 11 is 0. The van der Waals surface area contributed by atoms with Crippen molar-refractivity contribution in [2.45, 2.75) is 66.1 Å². The molecule has 0 N–H and O–H groups in total. The molecule has 0 fully saturated rings. The number of rotatable bonds is 6. The zero-order valence-electron chi connectivity index (χ0n) is 10.7. The van der Waals surface area contributed by atoms with Crippen LogP contribution in [-0.2, 0) is 8.85 Å². The van der Waals surface area contributed by atoms with Crippen molar-refractivity contribution >= 4 is 9.28 Å². The van der Waals surface area contributed by atoms with Gasteiger partial charge < -0.3 is 8.85 Å². The first-order chi connectivity index (χ1) is 7.06. The Morgan fingerprint density at radius 1 is 1.07 bits per heavy atom. The van der Waals surface area contributed by atoms with Gasteiger partial charge in [-0.2, -0.15) is 0 Å². The van der Waals surface area contributed by atoms with Gasteiger partial charge in [0, 0.05) is 18.6 Å². The van der Waals surface area contributed by atoms with Crippen LogP contribution in [0.3, 0.4) is 0 Å². The lowest BCUT2D eigenvalue weighted by Crippen LogP contribution is -2.28. The lowest BCUT2D eigenvalue weighted by molar-refractivity contribution is 0.140. The van der Waals surface area contributed by atoms with Crippen LogP contribution in [0.25, 0.3) is 0 Å². The van der Waals surface area contributed by atoms with Gasteiger partial charge in [-0.25, -0.2) is 0 Å². The van der Waals surface area contributed by atoms with Crippen molar-refractivity contribution in [3.05, 3.63) is 0 Å². The summed E-state index contributed by atoms with van der Waals surface area (Å²) < 4.78 is 11.4. The maximum atomic E-state index is 5.68. The van der Waals surface area contributed by atoms with Crippen LogP contribution in [0.1, 0.15) is 53.9 Å². The molecule has 0 aliphatic heterocycles. The van der Waals surface area contributed by atoms with Crippen LogP contribution in [0.5, 0.6) is 0 Å². The molecule has 0 rings (SSSR count). The lowest BCUT2D eigenvalue weighted by Gasteiger charge is -2.16. The first kappa shape index (κ1) is 14.7. The van der Waals surface area contributed by atoms with Crippen LogP contribution < -0.4 is 0 Å². The van der Waals surface area contributed by atoms with Crippen LogP contribution in [-0.4, -0.2) is 21.5 Å². The Labute approximate surface area is 96.2 Å². The van der Waals surface area contributed by atoms with E-state index in [0.717, 1.165) is 12.8 Å². The summed E-state index contributed by atoms with van der Waals surface area (Å²) in [5.74, 6) is 3.16. The third-order valence-corrected chi connectivity index (χ3v) is 3.69. The summed E-state index contributed by atoms with van der Waals surface area (Å²) in [5, 5.41) is 0. The third-order valence-electron chi connectivity index (χ3n) is 1.67. The highest BCUT2D eigenvalue weighted by Crippen LogP contribution is 1.99. The first-order valence-electron chi connectivity index (χ1n) is 5.85. The van der Waals surface area contributed by atoms with E-state index < -0.39 is 9.28 Å². The Bertz CT molecular complexity index is 193. The fraction of sp³-hybridized carbons (Fsp3) is 0.833. The lowest BCUT2D eigenvalue weighted by atomic mass is 10.3. The predicted molar refractivity (Wildman–Crippen MR) is 66.9 cm³/mol. The summed E-state index contributed by atoms with van der Waals surface area (Å²) in [4.78, 5) is 0. The van der Waals surface area contributed by atoms with E-state index in [0.29, 0.717) is 0 Å². The number of unbranched alkanes of at least 4 members (excludes halogenated alkanes) is 2. The van der Waals surface area contributed by atoms with Gasteiger partial charge in [0.2, 0.25) is 0 Å². The summed E-state index contributed by atoms with van der Waals surface area (Å²) in [7, 11) is -1.75. The van der Waals surface area contributed by atoms with Gasteiger partial charge in [0.1, 0.15) is 0 Å². The minimum Gasteiger partial charge on any atom is -0.385 e. The molecule has 0 spiro atoms. The minimum absolute atomic E-state index is 0.209. The van der Waals surface area contributed by atoms with E-state index in [4.69, 9.17) is 8.85 Å². The van der Waals surface area contributed by atoms with Gasteiger partial charge in [-0.15, -0.1) is 5.92 Å². The summed E-state index contributed by atoms with van der Waals surface area (Å²) in [6.07, 6.45) is 3.74. The van der Waals surface area contributed by atoms with Crippen molar-refractivity contribution in [2.75, 3.05) is 0 Å². The van der Waals surface area contributed by atoms with E-state index in [-0.39, 0.29) is 12.2 Å². The molecule has 0 heterocycles. The van der Waals surface area contributed by atoms with E-state index in [1.807, 2.05) is 27.7 Å². The third kappa shape index (κ3) is 9.99. The minimum atomic E-state index is -1.75. The van der Waals surface area contributed by atoms with Crippen molar-refractivity contribution in [2.24, 2.45) is 0 Å². The second-order valence-corrected chi connectivity index (χ2v) is 5.62. The normalized spacial score (nSPS) is 10.9. The fourth-order valence-corrected chi connectivity index (χ4v) is 2.52. The topological polar surface area (TPSA) is 18.5 Å². The molecule has 2 nitrogen and oxygen atoms in total. The molecule has 0 atom stereocenters. The van der Waals surface area contributed by atoms with Gasteiger partial charge in [0.15, 0.2) is 0 Å². The van der Waals surface area contributed by atoms with Crippen LogP contribution >= 0.6 is 0 Å². The van der Waals surface area contributed by atoms with Crippen molar-refractivity contribution in [1.82, 2.24) is 0 Å². The Morgan fingerprint density at radius 3 is 2.00 bits per heavy atom. The molecule has 0 aromatic heterocycles. The highest BCUT2D eigenvalue weighted by molar-refractivity contribution is 6.54. The molecule has 0 radical (unpaired) electrons. The van der Waals surface area contributed by atoms with E-state index in [2.05, 4.69) is 18.4 Å². The average Bonchev–Trinajstić information content (AvgIpc) is 2.10. The summed E-state index contributed by atoms with van der Waals surface area (Å²) in [6.45, 7) is 10.3. The molecule has 0 aliphatic rings. The Morgan fingerprint density at radius 2 is 1.60 bits per heavy atom. The molecule has 0 aromatic carbocycles. The number of hydrogen-bond acceptors (Lipinski definition) is 2. The molecule has 0 bridgehead atoms.